The number of fused-ring (bicyclic) bond motifs is 1. The van der Waals surface area contributed by atoms with Crippen molar-refractivity contribution in [2.45, 2.75) is 49.6 Å². The number of thioether (sulfide) groups is 1. The van der Waals surface area contributed by atoms with Crippen LogP contribution >= 0.6 is 11.8 Å². The first kappa shape index (κ1) is 14.2. The van der Waals surface area contributed by atoms with Crippen LogP contribution < -0.4 is 5.32 Å². The predicted molar refractivity (Wildman–Crippen MR) is 79.4 cm³/mol. The van der Waals surface area contributed by atoms with E-state index >= 15 is 0 Å². The number of carbonyl (C=O) groups excluding carboxylic acids is 2. The van der Waals surface area contributed by atoms with Gasteiger partial charge in [-0.05, 0) is 33.2 Å². The molecule has 3 fully saturated rings. The molecule has 0 radical (unpaired) electrons. The summed E-state index contributed by atoms with van der Waals surface area (Å²) in [6, 6.07) is 0.151. The van der Waals surface area contributed by atoms with Gasteiger partial charge in [0.05, 0.1) is 4.87 Å². The molecule has 3 unspecified atom stereocenters. The molecule has 2 amide bonds. The lowest BCUT2D eigenvalue weighted by Crippen LogP contribution is -2.55. The number of hydrogen-bond donors (Lipinski definition) is 1. The summed E-state index contributed by atoms with van der Waals surface area (Å²) in [5.41, 5.74) is 0. The number of nitrogens with zero attached hydrogens (tertiary/aromatic N) is 2. The van der Waals surface area contributed by atoms with Crippen molar-refractivity contribution in [2.24, 2.45) is 0 Å². The highest BCUT2D eigenvalue weighted by molar-refractivity contribution is 8.01. The SMILES string of the molecule is CNC1CCCN(C(=O)C2CSC3(C)CCC(=O)N23)C1. The summed E-state index contributed by atoms with van der Waals surface area (Å²) in [6.07, 6.45) is 3.63. The highest BCUT2D eigenvalue weighted by Gasteiger charge is 2.53. The topological polar surface area (TPSA) is 52.7 Å². The summed E-state index contributed by atoms with van der Waals surface area (Å²) in [7, 11) is 1.95. The fourth-order valence-corrected chi connectivity index (χ4v) is 5.05. The minimum absolute atomic E-state index is 0.143. The van der Waals surface area contributed by atoms with E-state index in [9.17, 15) is 9.59 Å². The van der Waals surface area contributed by atoms with Crippen LogP contribution in [0.15, 0.2) is 0 Å². The number of piperidine rings is 1. The van der Waals surface area contributed by atoms with Gasteiger partial charge in [0.2, 0.25) is 11.8 Å². The highest BCUT2D eigenvalue weighted by Crippen LogP contribution is 2.47. The zero-order valence-corrected chi connectivity index (χ0v) is 13.0. The van der Waals surface area contributed by atoms with Gasteiger partial charge in [-0.1, -0.05) is 0 Å². The molecule has 3 saturated heterocycles. The van der Waals surface area contributed by atoms with E-state index < -0.39 is 0 Å². The molecule has 3 aliphatic heterocycles. The first-order valence-electron chi connectivity index (χ1n) is 7.47. The fraction of sp³-hybridized carbons (Fsp3) is 0.857. The third-order valence-corrected chi connectivity index (χ3v) is 6.38. The largest absolute Gasteiger partial charge is 0.339 e. The normalized spacial score (nSPS) is 37.4. The minimum atomic E-state index is -0.240. The first-order chi connectivity index (χ1) is 9.55. The molecule has 5 nitrogen and oxygen atoms in total. The van der Waals surface area contributed by atoms with Crippen LogP contribution in [0.4, 0.5) is 0 Å². The van der Waals surface area contributed by atoms with E-state index in [2.05, 4.69) is 12.2 Å². The zero-order chi connectivity index (χ0) is 14.3. The molecule has 3 atom stereocenters. The third kappa shape index (κ3) is 2.22. The molecule has 20 heavy (non-hydrogen) atoms. The molecule has 3 aliphatic rings. The lowest BCUT2D eigenvalue weighted by atomic mass is 10.0. The van der Waals surface area contributed by atoms with Gasteiger partial charge in [0.15, 0.2) is 0 Å². The lowest BCUT2D eigenvalue weighted by molar-refractivity contribution is -0.144. The van der Waals surface area contributed by atoms with Gasteiger partial charge in [-0.25, -0.2) is 0 Å². The second-order valence-corrected chi connectivity index (χ2v) is 7.68. The maximum Gasteiger partial charge on any atom is 0.246 e. The van der Waals surface area contributed by atoms with Gasteiger partial charge in [-0.15, -0.1) is 11.8 Å². The molecule has 0 aliphatic carbocycles. The second-order valence-electron chi connectivity index (χ2n) is 6.18. The van der Waals surface area contributed by atoms with Crippen LogP contribution in [0.5, 0.6) is 0 Å². The van der Waals surface area contributed by atoms with E-state index in [0.717, 1.165) is 38.1 Å². The molecule has 0 aromatic carbocycles. The number of nitrogens with one attached hydrogen (secondary N) is 1. The van der Waals surface area contributed by atoms with Crippen molar-refractivity contribution in [1.29, 1.82) is 0 Å². The van der Waals surface area contributed by atoms with Crippen molar-refractivity contribution in [1.82, 2.24) is 15.1 Å². The van der Waals surface area contributed by atoms with Crippen molar-refractivity contribution >= 4 is 23.6 Å². The summed E-state index contributed by atoms with van der Waals surface area (Å²) in [5.74, 6) is 1.05. The Morgan fingerprint density at radius 2 is 2.30 bits per heavy atom. The summed E-state index contributed by atoms with van der Waals surface area (Å²) >= 11 is 1.77. The van der Waals surface area contributed by atoms with E-state index in [1.807, 2.05) is 16.8 Å². The molecule has 0 aromatic heterocycles. The van der Waals surface area contributed by atoms with Gasteiger partial charge in [-0.3, -0.25) is 9.59 Å². The number of carbonyl (C=O) groups is 2. The average Bonchev–Trinajstić information content (AvgIpc) is 2.95. The average molecular weight is 297 g/mol. The van der Waals surface area contributed by atoms with Gasteiger partial charge in [0.25, 0.3) is 0 Å². The Balaban J connectivity index is 1.73. The molecule has 0 spiro atoms. The Bertz CT molecular complexity index is 431. The lowest BCUT2D eigenvalue weighted by Gasteiger charge is -2.37. The predicted octanol–water partition coefficient (Wildman–Crippen LogP) is 0.651. The first-order valence-corrected chi connectivity index (χ1v) is 8.46. The van der Waals surface area contributed by atoms with Crippen molar-refractivity contribution in [3.05, 3.63) is 0 Å². The Kier molecular flexibility index (Phi) is 3.71. The summed E-state index contributed by atoms with van der Waals surface area (Å²) < 4.78 is 0. The van der Waals surface area contributed by atoms with Crippen LogP contribution in [0.25, 0.3) is 0 Å². The number of amides is 2. The second kappa shape index (κ2) is 5.22. The molecule has 3 rings (SSSR count). The number of likely N-dealkylation sites (tertiary alicyclic amines) is 1. The van der Waals surface area contributed by atoms with Gasteiger partial charge >= 0.3 is 0 Å². The minimum Gasteiger partial charge on any atom is -0.339 e. The quantitative estimate of drug-likeness (QED) is 0.813. The van der Waals surface area contributed by atoms with E-state index in [4.69, 9.17) is 0 Å². The number of likely N-dealkylation sites (N-methyl/N-ethyl adjacent to an activating group) is 1. The van der Waals surface area contributed by atoms with Crippen molar-refractivity contribution in [2.75, 3.05) is 25.9 Å². The number of rotatable bonds is 2. The third-order valence-electron chi connectivity index (χ3n) is 4.87. The summed E-state index contributed by atoms with van der Waals surface area (Å²) in [4.78, 5) is 28.6. The van der Waals surface area contributed by atoms with E-state index in [0.29, 0.717) is 12.5 Å². The Morgan fingerprint density at radius 3 is 3.05 bits per heavy atom. The van der Waals surface area contributed by atoms with E-state index in [1.54, 1.807) is 11.8 Å². The molecule has 3 heterocycles. The van der Waals surface area contributed by atoms with Crippen LogP contribution in [0.1, 0.15) is 32.6 Å². The molecule has 0 aromatic rings. The molecular formula is C14H23N3O2S. The van der Waals surface area contributed by atoms with Crippen molar-refractivity contribution in [3.8, 4) is 0 Å². The van der Waals surface area contributed by atoms with Gasteiger partial charge in [0.1, 0.15) is 6.04 Å². The smallest absolute Gasteiger partial charge is 0.246 e. The molecule has 0 bridgehead atoms. The van der Waals surface area contributed by atoms with Crippen LogP contribution in [-0.2, 0) is 9.59 Å². The zero-order valence-electron chi connectivity index (χ0n) is 12.2. The molecule has 6 heteroatoms. The summed E-state index contributed by atoms with van der Waals surface area (Å²) in [5, 5.41) is 3.26. The number of hydrogen-bond acceptors (Lipinski definition) is 4. The van der Waals surface area contributed by atoms with Gasteiger partial charge in [-0.2, -0.15) is 0 Å². The van der Waals surface area contributed by atoms with Crippen LogP contribution in [0.3, 0.4) is 0 Å². The Labute approximate surface area is 124 Å². The molecule has 112 valence electrons. The van der Waals surface area contributed by atoms with Crippen molar-refractivity contribution < 1.29 is 9.59 Å². The maximum absolute atomic E-state index is 12.8. The summed E-state index contributed by atoms with van der Waals surface area (Å²) in [6.45, 7) is 3.70. The van der Waals surface area contributed by atoms with Gasteiger partial charge < -0.3 is 15.1 Å². The maximum atomic E-state index is 12.8. The Hall–Kier alpha value is -0.750. The standard InChI is InChI=1S/C14H23N3O2S/c1-14-6-5-12(18)17(14)11(9-20-14)13(19)16-7-3-4-10(8-16)15-2/h10-11,15H,3-9H2,1-2H3. The fourth-order valence-electron chi connectivity index (χ4n) is 3.63. The van der Waals surface area contributed by atoms with Crippen LogP contribution in [0.2, 0.25) is 0 Å². The molecular weight excluding hydrogens is 274 g/mol. The molecule has 0 saturated carbocycles. The van der Waals surface area contributed by atoms with Gasteiger partial charge in [0, 0.05) is 31.3 Å². The van der Waals surface area contributed by atoms with Crippen LogP contribution in [-0.4, -0.2) is 64.5 Å². The highest BCUT2D eigenvalue weighted by atomic mass is 32.2. The van der Waals surface area contributed by atoms with Crippen LogP contribution in [0, 0.1) is 0 Å². The molecule has 1 N–H and O–H groups in total. The Morgan fingerprint density at radius 1 is 1.50 bits per heavy atom. The van der Waals surface area contributed by atoms with E-state index in [-0.39, 0.29) is 22.7 Å². The monoisotopic (exact) mass is 297 g/mol. The van der Waals surface area contributed by atoms with E-state index in [1.165, 1.54) is 0 Å². The van der Waals surface area contributed by atoms with Crippen molar-refractivity contribution in [3.63, 3.8) is 0 Å².